The fourth-order valence-corrected chi connectivity index (χ4v) is 6.77. The summed E-state index contributed by atoms with van der Waals surface area (Å²) in [6.45, 7) is 5.64. The van der Waals surface area contributed by atoms with E-state index >= 15 is 0 Å². The van der Waals surface area contributed by atoms with Crippen LogP contribution in [-0.2, 0) is 72.6 Å². The Morgan fingerprint density at radius 3 is 1.21 bits per heavy atom. The first-order valence-electron chi connectivity index (χ1n) is 15.8. The first-order valence-corrected chi connectivity index (χ1v) is 21.3. The number of carbonyl (C=O) groups excluding carboxylic acids is 5. The fourth-order valence-electron chi connectivity index (χ4n) is 3.66. The molecule has 0 bridgehead atoms. The lowest BCUT2D eigenvalue weighted by Gasteiger charge is -2.35. The Morgan fingerprint density at radius 2 is 0.887 bits per heavy atom. The number of esters is 5. The molecule has 18 nitrogen and oxygen atoms in total. The average Bonchev–Trinajstić information content (AvgIpc) is 3.11. The van der Waals surface area contributed by atoms with E-state index < -0.39 is 125 Å². The summed E-state index contributed by atoms with van der Waals surface area (Å²) in [4.78, 5) is 60.9. The molecule has 0 aliphatic heterocycles. The Bertz CT molecular complexity index is 1310. The molecule has 0 aromatic rings. The molecule has 22 heteroatoms. The molecule has 0 heterocycles. The molecule has 53 heavy (non-hydrogen) atoms. The molecule has 0 aliphatic carbocycles. The van der Waals surface area contributed by atoms with Crippen LogP contribution in [-0.4, -0.2) is 148 Å². The van der Waals surface area contributed by atoms with Crippen LogP contribution in [0.5, 0.6) is 0 Å². The zero-order chi connectivity index (χ0) is 40.4. The van der Waals surface area contributed by atoms with Crippen LogP contribution in [0.2, 0.25) is 0 Å². The second-order valence-electron chi connectivity index (χ2n) is 11.4. The Balaban J connectivity index is 5.85. The van der Waals surface area contributed by atoms with Gasteiger partial charge in [0.25, 0.3) is 20.2 Å². The van der Waals surface area contributed by atoms with Crippen LogP contribution in [0.1, 0.15) is 25.7 Å². The highest BCUT2D eigenvalue weighted by Crippen LogP contribution is 2.25. The van der Waals surface area contributed by atoms with Crippen LogP contribution >= 0.6 is 23.5 Å². The molecule has 3 N–H and O–H groups in total. The van der Waals surface area contributed by atoms with E-state index in [1.807, 2.05) is 0 Å². The summed E-state index contributed by atoms with van der Waals surface area (Å²) in [6, 6.07) is 0. The molecule has 0 spiro atoms. The van der Waals surface area contributed by atoms with Gasteiger partial charge in [-0.3, -0.25) is 18.7 Å². The van der Waals surface area contributed by atoms with Crippen molar-refractivity contribution in [1.29, 1.82) is 0 Å². The maximum absolute atomic E-state index is 12.6. The predicted octanol–water partition coefficient (Wildman–Crippen LogP) is 1.04. The van der Waals surface area contributed by atoms with E-state index in [4.69, 9.17) is 37.5 Å². The summed E-state index contributed by atoms with van der Waals surface area (Å²) in [7, 11) is -8.21. The summed E-state index contributed by atoms with van der Waals surface area (Å²) in [6.07, 6.45) is 2.69. The van der Waals surface area contributed by atoms with Crippen molar-refractivity contribution in [2.24, 2.45) is 10.8 Å². The van der Waals surface area contributed by atoms with E-state index in [0.29, 0.717) is 11.5 Å². The van der Waals surface area contributed by atoms with Crippen molar-refractivity contribution in [1.82, 2.24) is 0 Å². The number of rotatable bonds is 32. The minimum atomic E-state index is -4.11. The highest BCUT2D eigenvalue weighted by atomic mass is 32.2. The van der Waals surface area contributed by atoms with Crippen LogP contribution in [0.25, 0.3) is 0 Å². The maximum atomic E-state index is 12.6. The van der Waals surface area contributed by atoms with Gasteiger partial charge in [-0.05, 0) is 24.3 Å². The van der Waals surface area contributed by atoms with Crippen LogP contribution in [0.4, 0.5) is 0 Å². The van der Waals surface area contributed by atoms with Crippen molar-refractivity contribution < 1.29 is 83.4 Å². The van der Waals surface area contributed by atoms with Gasteiger partial charge in [0.15, 0.2) is 0 Å². The number of ether oxygens (including phenoxy) is 6. The Labute approximate surface area is 317 Å². The third kappa shape index (κ3) is 26.4. The first kappa shape index (κ1) is 50.0. The number of aliphatic hydroxyl groups is 1. The van der Waals surface area contributed by atoms with Gasteiger partial charge in [0.2, 0.25) is 0 Å². The molecule has 0 unspecified atom stereocenters. The standard InChI is InChI=1S/C31H48O18S4/c1-4-25(33)45-22-31(23-46-26(34)5-2,24-47-27(35)6-3)19-44-18-30(17-32,20-48-28(36)9-13-50-11-7-15-52(38,39)40)21-49-29(37)10-14-51-12-8-16-53(41,42)43/h4-6,32H,1-3,7-24H2,(H,38,39,40)(H,41,42,43). The minimum absolute atomic E-state index is 0.116. The van der Waals surface area contributed by atoms with Gasteiger partial charge < -0.3 is 33.5 Å². The third-order valence-electron chi connectivity index (χ3n) is 6.58. The predicted molar refractivity (Wildman–Crippen MR) is 194 cm³/mol. The van der Waals surface area contributed by atoms with Gasteiger partial charge in [-0.2, -0.15) is 40.4 Å². The van der Waals surface area contributed by atoms with E-state index in [-0.39, 0.29) is 37.2 Å². The van der Waals surface area contributed by atoms with E-state index in [0.717, 1.165) is 18.2 Å². The molecule has 0 saturated heterocycles. The summed E-state index contributed by atoms with van der Waals surface area (Å²) >= 11 is 2.48. The number of aliphatic hydroxyl groups excluding tert-OH is 1. The molecule has 0 aromatic heterocycles. The van der Waals surface area contributed by atoms with Gasteiger partial charge in [-0.25, -0.2) is 14.4 Å². The highest BCUT2D eigenvalue weighted by Gasteiger charge is 2.39. The average molecular weight is 837 g/mol. The van der Waals surface area contributed by atoms with Crippen molar-refractivity contribution in [3.63, 3.8) is 0 Å². The molecule has 0 rings (SSSR count). The number of hydrogen-bond donors (Lipinski definition) is 3. The number of thioether (sulfide) groups is 2. The molecule has 0 radical (unpaired) electrons. The number of hydrogen-bond acceptors (Lipinski definition) is 18. The summed E-state index contributed by atoms with van der Waals surface area (Å²) in [5, 5.41) is 10.5. The van der Waals surface area contributed by atoms with Gasteiger partial charge >= 0.3 is 29.8 Å². The molecule has 0 aliphatic rings. The molecule has 0 fully saturated rings. The molecular weight excluding hydrogens is 789 g/mol. The Kier molecular flexibility index (Phi) is 25.2. The molecule has 0 saturated carbocycles. The first-order chi connectivity index (χ1) is 24.8. The quantitative estimate of drug-likeness (QED) is 0.0281. The van der Waals surface area contributed by atoms with E-state index in [1.54, 1.807) is 0 Å². The van der Waals surface area contributed by atoms with Gasteiger partial charge in [-0.1, -0.05) is 19.7 Å². The van der Waals surface area contributed by atoms with Crippen molar-refractivity contribution in [3.05, 3.63) is 38.0 Å². The van der Waals surface area contributed by atoms with Gasteiger partial charge in [0, 0.05) is 29.7 Å². The van der Waals surface area contributed by atoms with Crippen LogP contribution < -0.4 is 0 Å². The summed E-state index contributed by atoms with van der Waals surface area (Å²) < 4.78 is 93.2. The van der Waals surface area contributed by atoms with Crippen LogP contribution in [0, 0.1) is 10.8 Å². The second kappa shape index (κ2) is 26.7. The monoisotopic (exact) mass is 836 g/mol. The van der Waals surface area contributed by atoms with Crippen LogP contribution in [0.15, 0.2) is 38.0 Å². The Morgan fingerprint density at radius 1 is 0.547 bits per heavy atom. The van der Waals surface area contributed by atoms with Crippen molar-refractivity contribution in [3.8, 4) is 0 Å². The fraction of sp³-hybridized carbons (Fsp3) is 0.645. The van der Waals surface area contributed by atoms with Gasteiger partial charge in [0.05, 0.1) is 55.0 Å². The van der Waals surface area contributed by atoms with E-state index in [2.05, 4.69) is 19.7 Å². The Hall–Kier alpha value is -2.99. The van der Waals surface area contributed by atoms with E-state index in [1.165, 1.54) is 23.5 Å². The van der Waals surface area contributed by atoms with Crippen molar-refractivity contribution in [2.45, 2.75) is 25.7 Å². The van der Waals surface area contributed by atoms with Gasteiger partial charge in [-0.15, -0.1) is 0 Å². The third-order valence-corrected chi connectivity index (χ3v) is 10.3. The molecule has 0 atom stereocenters. The topological polar surface area (TPSA) is 270 Å². The minimum Gasteiger partial charge on any atom is -0.465 e. The van der Waals surface area contributed by atoms with Crippen molar-refractivity contribution >= 4 is 73.6 Å². The maximum Gasteiger partial charge on any atom is 0.330 e. The zero-order valence-corrected chi connectivity index (χ0v) is 32.4. The lowest BCUT2D eigenvalue weighted by Crippen LogP contribution is -2.46. The number of carbonyl (C=O) groups is 5. The largest absolute Gasteiger partial charge is 0.465 e. The smallest absolute Gasteiger partial charge is 0.330 e. The SMILES string of the molecule is C=CC(=O)OCC(COCC(CO)(COC(=O)CCSCCCS(=O)(=O)O)COC(=O)CCSCCCS(=O)(=O)O)(COC(=O)C=C)COC(=O)C=C. The van der Waals surface area contributed by atoms with E-state index in [9.17, 15) is 45.9 Å². The molecule has 0 aromatic carbocycles. The lowest BCUT2D eigenvalue weighted by atomic mass is 9.90. The molecular formula is C31H48O18S4. The highest BCUT2D eigenvalue weighted by molar-refractivity contribution is 7.99. The summed E-state index contributed by atoms with van der Waals surface area (Å²) in [5.41, 5.74) is -3.11. The van der Waals surface area contributed by atoms with Gasteiger partial charge in [0.1, 0.15) is 33.0 Å². The zero-order valence-electron chi connectivity index (χ0n) is 29.2. The van der Waals surface area contributed by atoms with Crippen molar-refractivity contribution in [2.75, 3.05) is 87.4 Å². The second-order valence-corrected chi connectivity index (χ2v) is 17.0. The lowest BCUT2D eigenvalue weighted by molar-refractivity contribution is -0.168. The normalized spacial score (nSPS) is 11.9. The van der Waals surface area contributed by atoms with Crippen LogP contribution in [0.3, 0.4) is 0 Å². The molecule has 0 amide bonds. The molecule has 304 valence electrons. The summed E-state index contributed by atoms with van der Waals surface area (Å²) in [5.74, 6) is -3.73.